The Balaban J connectivity index is 4.26. The maximum absolute atomic E-state index is 11.5. The van der Waals surface area contributed by atoms with E-state index in [4.69, 9.17) is 16.3 Å². The van der Waals surface area contributed by atoms with E-state index in [-0.39, 0.29) is 19.4 Å². The fourth-order valence-electron chi connectivity index (χ4n) is 1.37. The van der Waals surface area contributed by atoms with Gasteiger partial charge in [-0.2, -0.15) is 0 Å². The summed E-state index contributed by atoms with van der Waals surface area (Å²) in [7, 11) is 0. The van der Waals surface area contributed by atoms with Gasteiger partial charge in [0.15, 0.2) is 0 Å². The van der Waals surface area contributed by atoms with Gasteiger partial charge in [-0.3, -0.25) is 4.79 Å². The first-order valence-electron chi connectivity index (χ1n) is 6.58. The number of nitrogens with one attached hydrogen (secondary N) is 2. The van der Waals surface area contributed by atoms with E-state index in [1.54, 1.807) is 20.8 Å². The van der Waals surface area contributed by atoms with Crippen LogP contribution in [-0.4, -0.2) is 41.3 Å². The Morgan fingerprint density at radius 2 is 1.95 bits per heavy atom. The largest absolute Gasteiger partial charge is 0.480 e. The second-order valence-corrected chi connectivity index (χ2v) is 5.37. The number of carboxylic acid groups (broad SMARTS) is 1. The zero-order valence-electron chi connectivity index (χ0n) is 12.6. The first-order valence-corrected chi connectivity index (χ1v) is 6.58. The van der Waals surface area contributed by atoms with Crippen LogP contribution in [0.25, 0.3) is 0 Å². The van der Waals surface area contributed by atoms with Crippen LogP contribution in [0.2, 0.25) is 0 Å². The molecule has 0 spiro atoms. The first kappa shape index (κ1) is 18.8. The lowest BCUT2D eigenvalue weighted by Gasteiger charge is -2.20. The highest BCUT2D eigenvalue weighted by Crippen LogP contribution is 2.10. The second-order valence-electron chi connectivity index (χ2n) is 5.37. The minimum absolute atomic E-state index is 0.0488. The van der Waals surface area contributed by atoms with Gasteiger partial charge in [0.05, 0.1) is 0 Å². The number of amides is 2. The van der Waals surface area contributed by atoms with Crippen LogP contribution in [0.5, 0.6) is 0 Å². The van der Waals surface area contributed by atoms with Crippen molar-refractivity contribution in [2.75, 3.05) is 6.54 Å². The molecule has 0 unspecified atom stereocenters. The molecule has 21 heavy (non-hydrogen) atoms. The Bertz CT molecular complexity index is 420. The number of hydrogen-bond donors (Lipinski definition) is 3. The molecule has 0 aliphatic rings. The average molecular weight is 298 g/mol. The molecule has 0 aliphatic carbocycles. The number of carbonyl (C=O) groups excluding carboxylic acids is 2. The van der Waals surface area contributed by atoms with E-state index in [0.717, 1.165) is 0 Å². The average Bonchev–Trinajstić information content (AvgIpc) is 2.32. The van der Waals surface area contributed by atoms with Crippen LogP contribution in [0.4, 0.5) is 4.79 Å². The van der Waals surface area contributed by atoms with Crippen LogP contribution in [0.15, 0.2) is 0 Å². The summed E-state index contributed by atoms with van der Waals surface area (Å²) >= 11 is 0. The van der Waals surface area contributed by atoms with E-state index in [2.05, 4.69) is 16.6 Å². The number of hydrogen-bond acceptors (Lipinski definition) is 4. The van der Waals surface area contributed by atoms with Crippen molar-refractivity contribution in [1.82, 2.24) is 10.6 Å². The summed E-state index contributed by atoms with van der Waals surface area (Å²) in [4.78, 5) is 34.0. The van der Waals surface area contributed by atoms with Crippen LogP contribution >= 0.6 is 0 Å². The molecular formula is C14H22N2O5. The van der Waals surface area contributed by atoms with Gasteiger partial charge in [0.2, 0.25) is 0 Å². The van der Waals surface area contributed by atoms with Crippen LogP contribution in [0, 0.1) is 12.3 Å². The van der Waals surface area contributed by atoms with Crippen molar-refractivity contribution in [3.05, 3.63) is 0 Å². The number of carbonyl (C=O) groups is 3. The summed E-state index contributed by atoms with van der Waals surface area (Å²) in [6.45, 7) is 5.41. The zero-order chi connectivity index (χ0) is 16.5. The maximum Gasteiger partial charge on any atom is 0.326 e. The molecule has 3 N–H and O–H groups in total. The number of terminal acetylenes is 1. The predicted molar refractivity (Wildman–Crippen MR) is 76.5 cm³/mol. The van der Waals surface area contributed by atoms with Gasteiger partial charge in [0.25, 0.3) is 0 Å². The topological polar surface area (TPSA) is 105 Å². The fourth-order valence-corrected chi connectivity index (χ4v) is 1.37. The molecule has 0 aliphatic heterocycles. The molecule has 0 aromatic heterocycles. The van der Waals surface area contributed by atoms with E-state index in [9.17, 15) is 14.4 Å². The summed E-state index contributed by atoms with van der Waals surface area (Å²) < 4.78 is 5.07. The quantitative estimate of drug-likeness (QED) is 0.368. The highest BCUT2D eigenvalue weighted by molar-refractivity contribution is 5.83. The number of aliphatic carboxylic acids is 1. The van der Waals surface area contributed by atoms with Crippen molar-refractivity contribution in [2.24, 2.45) is 0 Å². The summed E-state index contributed by atoms with van der Waals surface area (Å²) in [5.41, 5.74) is -0.629. The zero-order valence-corrected chi connectivity index (χ0v) is 12.6. The van der Waals surface area contributed by atoms with E-state index < -0.39 is 29.6 Å². The summed E-state index contributed by atoms with van der Waals surface area (Å²) in [6.07, 6.45) is 5.23. The van der Waals surface area contributed by atoms with Gasteiger partial charge < -0.3 is 20.5 Å². The highest BCUT2D eigenvalue weighted by Gasteiger charge is 2.23. The molecule has 7 heteroatoms. The van der Waals surface area contributed by atoms with Gasteiger partial charge in [-0.25, -0.2) is 9.59 Å². The molecular weight excluding hydrogens is 276 g/mol. The van der Waals surface area contributed by atoms with Crippen LogP contribution in [0.3, 0.4) is 0 Å². The van der Waals surface area contributed by atoms with Gasteiger partial charge >= 0.3 is 18.0 Å². The third kappa shape index (κ3) is 10.2. The van der Waals surface area contributed by atoms with Crippen LogP contribution in [0.1, 0.15) is 40.0 Å². The predicted octanol–water partition coefficient (Wildman–Crippen LogP) is 0.884. The molecule has 0 heterocycles. The molecule has 0 bridgehead atoms. The third-order valence-corrected chi connectivity index (χ3v) is 2.22. The van der Waals surface area contributed by atoms with Crippen molar-refractivity contribution in [3.8, 4) is 12.3 Å². The Hall–Kier alpha value is -2.23. The van der Waals surface area contributed by atoms with Gasteiger partial charge in [-0.1, -0.05) is 0 Å². The van der Waals surface area contributed by atoms with Crippen molar-refractivity contribution < 1.29 is 24.2 Å². The third-order valence-electron chi connectivity index (χ3n) is 2.22. The molecule has 0 radical (unpaired) electrons. The molecule has 0 rings (SSSR count). The fraction of sp³-hybridized carbons (Fsp3) is 0.643. The number of carboxylic acids is 1. The Morgan fingerprint density at radius 1 is 1.33 bits per heavy atom. The van der Waals surface area contributed by atoms with E-state index >= 15 is 0 Å². The Labute approximate surface area is 124 Å². The lowest BCUT2D eigenvalue weighted by Crippen LogP contribution is -2.46. The van der Waals surface area contributed by atoms with Crippen molar-refractivity contribution >= 4 is 18.0 Å². The van der Waals surface area contributed by atoms with Crippen LogP contribution < -0.4 is 10.6 Å². The van der Waals surface area contributed by atoms with E-state index in [1.807, 2.05) is 0 Å². The first-order chi connectivity index (χ1) is 9.65. The monoisotopic (exact) mass is 298 g/mol. The number of urea groups is 1. The second kappa shape index (κ2) is 8.84. The number of ether oxygens (including phenoxy) is 1. The van der Waals surface area contributed by atoms with Gasteiger partial charge in [-0.15, -0.1) is 12.3 Å². The molecule has 1 atom stereocenters. The Kier molecular flexibility index (Phi) is 7.91. The lowest BCUT2D eigenvalue weighted by atomic mass is 10.1. The highest BCUT2D eigenvalue weighted by atomic mass is 16.6. The van der Waals surface area contributed by atoms with Crippen molar-refractivity contribution in [3.63, 3.8) is 0 Å². The van der Waals surface area contributed by atoms with Crippen molar-refractivity contribution in [1.29, 1.82) is 0 Å². The molecule has 7 nitrogen and oxygen atoms in total. The van der Waals surface area contributed by atoms with Gasteiger partial charge in [0, 0.05) is 19.4 Å². The smallest absolute Gasteiger partial charge is 0.326 e. The molecule has 0 saturated heterocycles. The minimum Gasteiger partial charge on any atom is -0.480 e. The molecule has 0 saturated carbocycles. The molecule has 0 aromatic carbocycles. The standard InChI is InChI=1S/C14H22N2O5/c1-5-6-9-15-13(20)16-10(12(18)19)7-8-11(17)21-14(2,3)4/h1,10H,6-9H2,2-4H3,(H,18,19)(H2,15,16,20)/t10-/m1/s1. The maximum atomic E-state index is 11.5. The summed E-state index contributed by atoms with van der Waals surface area (Å²) in [5.74, 6) is 0.613. The molecule has 118 valence electrons. The van der Waals surface area contributed by atoms with Crippen LogP contribution in [-0.2, 0) is 14.3 Å². The SMILES string of the molecule is C#CCCNC(=O)N[C@H](CCC(=O)OC(C)(C)C)C(=O)O. The Morgan fingerprint density at radius 3 is 2.43 bits per heavy atom. The molecule has 2 amide bonds. The molecule has 0 fully saturated rings. The number of esters is 1. The lowest BCUT2D eigenvalue weighted by molar-refractivity contribution is -0.155. The summed E-state index contributed by atoms with van der Waals surface area (Å²) in [5, 5.41) is 13.7. The number of rotatable bonds is 7. The summed E-state index contributed by atoms with van der Waals surface area (Å²) in [6, 6.07) is -1.80. The van der Waals surface area contributed by atoms with E-state index in [1.165, 1.54) is 0 Å². The van der Waals surface area contributed by atoms with Gasteiger partial charge in [-0.05, 0) is 27.2 Å². The minimum atomic E-state index is -1.22. The normalized spacial score (nSPS) is 11.9. The van der Waals surface area contributed by atoms with Crippen molar-refractivity contribution in [2.45, 2.75) is 51.7 Å². The van der Waals surface area contributed by atoms with Gasteiger partial charge in [0.1, 0.15) is 11.6 Å². The van der Waals surface area contributed by atoms with E-state index in [0.29, 0.717) is 6.42 Å². The molecule has 0 aromatic rings.